The fourth-order valence-corrected chi connectivity index (χ4v) is 7.77. The molecular weight excluding hydrogens is 474 g/mol. The zero-order valence-electron chi connectivity index (χ0n) is 18.0. The number of rotatable bonds is 5. The molecule has 0 spiro atoms. The Kier molecular flexibility index (Phi) is 6.55. The summed E-state index contributed by atoms with van der Waals surface area (Å²) in [6.07, 6.45) is 1.18. The van der Waals surface area contributed by atoms with Crippen LogP contribution in [-0.2, 0) is 14.6 Å². The first-order valence-electron chi connectivity index (χ1n) is 10.9. The lowest BCUT2D eigenvalue weighted by Gasteiger charge is -2.50. The van der Waals surface area contributed by atoms with E-state index in [0.717, 1.165) is 12.1 Å². The van der Waals surface area contributed by atoms with Gasteiger partial charge in [-0.05, 0) is 62.1 Å². The van der Waals surface area contributed by atoms with E-state index in [4.69, 9.17) is 16.3 Å². The van der Waals surface area contributed by atoms with Crippen molar-refractivity contribution >= 4 is 27.5 Å². The van der Waals surface area contributed by atoms with Crippen molar-refractivity contribution in [2.75, 3.05) is 19.7 Å². The van der Waals surface area contributed by atoms with Crippen molar-refractivity contribution in [1.82, 2.24) is 10.6 Å². The standard InChI is InChI=1S/C23H25ClF2N2O4S/c1-2-27-22(29)28-12-14-4-3-11-23(33(30,31)16-7-5-15(24)6-8-16)17(14)13-32-21-19(26)10-9-18(25)20(21)23/h5-10,14,17H,2-4,11-13H2,1H3,(H2,27,28,29)/t14-,17?,23-/m0/s1. The third-order valence-electron chi connectivity index (χ3n) is 6.65. The second kappa shape index (κ2) is 9.10. The molecule has 178 valence electrons. The summed E-state index contributed by atoms with van der Waals surface area (Å²) in [5.41, 5.74) is -0.267. The number of hydrogen-bond donors (Lipinski definition) is 2. The van der Waals surface area contributed by atoms with E-state index in [0.29, 0.717) is 24.4 Å². The number of fused-ring (bicyclic) bond motifs is 3. The van der Waals surface area contributed by atoms with Gasteiger partial charge >= 0.3 is 6.03 Å². The Labute approximate surface area is 196 Å². The minimum Gasteiger partial charge on any atom is -0.490 e. The minimum atomic E-state index is -4.21. The summed E-state index contributed by atoms with van der Waals surface area (Å²) in [6, 6.07) is 7.18. The van der Waals surface area contributed by atoms with Gasteiger partial charge in [0.2, 0.25) is 0 Å². The van der Waals surface area contributed by atoms with Gasteiger partial charge in [0, 0.05) is 24.0 Å². The first kappa shape index (κ1) is 23.8. The van der Waals surface area contributed by atoms with Crippen LogP contribution < -0.4 is 15.4 Å². The quantitative estimate of drug-likeness (QED) is 0.639. The van der Waals surface area contributed by atoms with E-state index in [1.54, 1.807) is 6.92 Å². The monoisotopic (exact) mass is 498 g/mol. The first-order valence-corrected chi connectivity index (χ1v) is 12.7. The first-order chi connectivity index (χ1) is 15.7. The molecule has 1 heterocycles. The number of sulfone groups is 1. The van der Waals surface area contributed by atoms with E-state index in [1.165, 1.54) is 24.3 Å². The van der Waals surface area contributed by atoms with Gasteiger partial charge < -0.3 is 15.4 Å². The number of halogens is 3. The molecule has 0 saturated heterocycles. The van der Waals surface area contributed by atoms with Gasteiger partial charge in [-0.15, -0.1) is 0 Å². The highest BCUT2D eigenvalue weighted by Gasteiger charge is 2.60. The normalized spacial score (nSPS) is 24.2. The minimum absolute atomic E-state index is 0.0225. The van der Waals surface area contributed by atoms with Crippen LogP contribution in [0.15, 0.2) is 41.3 Å². The average Bonchev–Trinajstić information content (AvgIpc) is 2.79. The molecule has 2 aromatic carbocycles. The van der Waals surface area contributed by atoms with Crippen LogP contribution in [-0.4, -0.2) is 34.1 Å². The highest BCUT2D eigenvalue weighted by atomic mass is 35.5. The number of carbonyl (C=O) groups is 1. The van der Waals surface area contributed by atoms with Crippen molar-refractivity contribution in [2.45, 2.75) is 35.8 Å². The number of nitrogens with one attached hydrogen (secondary N) is 2. The summed E-state index contributed by atoms with van der Waals surface area (Å²) in [6.45, 7) is 2.30. The Morgan fingerprint density at radius 1 is 1.15 bits per heavy atom. The predicted molar refractivity (Wildman–Crippen MR) is 120 cm³/mol. The maximum Gasteiger partial charge on any atom is 0.314 e. The van der Waals surface area contributed by atoms with Gasteiger partial charge in [0.15, 0.2) is 21.4 Å². The Balaban J connectivity index is 1.87. The Hall–Kier alpha value is -2.39. The molecule has 6 nitrogen and oxygen atoms in total. The van der Waals surface area contributed by atoms with Crippen molar-refractivity contribution in [3.05, 3.63) is 58.6 Å². The third-order valence-corrected chi connectivity index (χ3v) is 9.46. The Bertz CT molecular complexity index is 1160. The molecular formula is C23H25ClF2N2O4S. The number of urea groups is 1. The summed E-state index contributed by atoms with van der Waals surface area (Å²) in [4.78, 5) is 12.0. The lowest BCUT2D eigenvalue weighted by Crippen LogP contribution is -2.56. The fraction of sp³-hybridized carbons (Fsp3) is 0.435. The molecule has 10 heteroatoms. The molecule has 2 N–H and O–H groups in total. The maximum absolute atomic E-state index is 15.3. The summed E-state index contributed by atoms with van der Waals surface area (Å²) in [7, 11) is -4.21. The summed E-state index contributed by atoms with van der Waals surface area (Å²) in [5, 5.41) is 5.77. The lowest BCUT2D eigenvalue weighted by atomic mass is 9.67. The molecule has 1 aliphatic carbocycles. The maximum atomic E-state index is 15.3. The molecule has 0 bridgehead atoms. The topological polar surface area (TPSA) is 84.5 Å². The molecule has 2 amide bonds. The molecule has 1 saturated carbocycles. The van der Waals surface area contributed by atoms with Gasteiger partial charge in [-0.1, -0.05) is 18.0 Å². The molecule has 1 unspecified atom stereocenters. The molecule has 1 fully saturated rings. The number of hydrogen-bond acceptors (Lipinski definition) is 4. The molecule has 4 rings (SSSR count). The predicted octanol–water partition coefficient (Wildman–Crippen LogP) is 4.42. The fourth-order valence-electron chi connectivity index (χ4n) is 5.20. The van der Waals surface area contributed by atoms with Crippen LogP contribution in [0.3, 0.4) is 0 Å². The summed E-state index contributed by atoms with van der Waals surface area (Å²) >= 11 is 5.96. The van der Waals surface area contributed by atoms with Crippen LogP contribution in [0.2, 0.25) is 5.02 Å². The Morgan fingerprint density at radius 3 is 2.55 bits per heavy atom. The number of benzene rings is 2. The van der Waals surface area contributed by atoms with Crippen molar-refractivity contribution < 1.29 is 26.7 Å². The van der Waals surface area contributed by atoms with Crippen LogP contribution in [0.5, 0.6) is 5.75 Å². The van der Waals surface area contributed by atoms with Gasteiger partial charge in [-0.3, -0.25) is 0 Å². The second-order valence-corrected chi connectivity index (χ2v) is 11.0. The molecule has 33 heavy (non-hydrogen) atoms. The number of amides is 2. The zero-order valence-corrected chi connectivity index (χ0v) is 19.6. The highest BCUT2D eigenvalue weighted by Crippen LogP contribution is 2.57. The van der Waals surface area contributed by atoms with Crippen LogP contribution in [0.25, 0.3) is 0 Å². The van der Waals surface area contributed by atoms with Gasteiger partial charge in [0.05, 0.1) is 17.1 Å². The highest BCUT2D eigenvalue weighted by molar-refractivity contribution is 7.92. The molecule has 0 aromatic heterocycles. The van der Waals surface area contributed by atoms with Crippen LogP contribution >= 0.6 is 11.6 Å². The van der Waals surface area contributed by atoms with Crippen LogP contribution in [0.4, 0.5) is 13.6 Å². The summed E-state index contributed by atoms with van der Waals surface area (Å²) in [5.74, 6) is -3.01. The zero-order chi connectivity index (χ0) is 23.8. The van der Waals surface area contributed by atoms with Crippen molar-refractivity contribution in [2.24, 2.45) is 11.8 Å². The largest absolute Gasteiger partial charge is 0.490 e. The summed E-state index contributed by atoms with van der Waals surface area (Å²) < 4.78 is 62.2. The van der Waals surface area contributed by atoms with Crippen molar-refractivity contribution in [3.8, 4) is 5.75 Å². The van der Waals surface area contributed by atoms with Crippen molar-refractivity contribution in [1.29, 1.82) is 0 Å². The van der Waals surface area contributed by atoms with Crippen molar-refractivity contribution in [3.63, 3.8) is 0 Å². The van der Waals surface area contributed by atoms with E-state index in [1.807, 2.05) is 0 Å². The molecule has 0 radical (unpaired) electrons. The lowest BCUT2D eigenvalue weighted by molar-refractivity contribution is 0.0756. The van der Waals surface area contributed by atoms with Gasteiger partial charge in [-0.25, -0.2) is 22.0 Å². The molecule has 2 aliphatic rings. The average molecular weight is 499 g/mol. The van der Waals surface area contributed by atoms with E-state index >= 15 is 4.39 Å². The number of ether oxygens (including phenoxy) is 1. The third kappa shape index (κ3) is 3.95. The number of carbonyl (C=O) groups excluding carboxylic acids is 1. The molecule has 1 aliphatic heterocycles. The van der Waals surface area contributed by atoms with E-state index in [9.17, 15) is 17.6 Å². The van der Waals surface area contributed by atoms with Gasteiger partial charge in [-0.2, -0.15) is 0 Å². The van der Waals surface area contributed by atoms with Crippen LogP contribution in [0, 0.1) is 23.5 Å². The van der Waals surface area contributed by atoms with E-state index in [-0.39, 0.29) is 47.7 Å². The second-order valence-electron chi connectivity index (χ2n) is 8.39. The van der Waals surface area contributed by atoms with E-state index < -0.39 is 32.1 Å². The SMILES string of the molecule is CCNC(=O)NC[C@@H]1CCC[C@@]2(S(=O)(=O)c3ccc(Cl)cc3)c3c(F)ccc(F)c3OCC12. The molecule has 3 atom stereocenters. The Morgan fingerprint density at radius 2 is 1.85 bits per heavy atom. The molecule has 2 aromatic rings. The van der Waals surface area contributed by atoms with Gasteiger partial charge in [0.25, 0.3) is 0 Å². The van der Waals surface area contributed by atoms with Gasteiger partial charge in [0.1, 0.15) is 10.6 Å². The van der Waals surface area contributed by atoms with Crippen LogP contribution in [0.1, 0.15) is 31.7 Å². The van der Waals surface area contributed by atoms with E-state index in [2.05, 4.69) is 10.6 Å². The smallest absolute Gasteiger partial charge is 0.314 e.